The summed E-state index contributed by atoms with van der Waals surface area (Å²) >= 11 is 1.37. The van der Waals surface area contributed by atoms with Crippen molar-refractivity contribution in [2.75, 3.05) is 44.7 Å². The van der Waals surface area contributed by atoms with Crippen molar-refractivity contribution in [3.05, 3.63) is 92.6 Å². The zero-order valence-corrected chi connectivity index (χ0v) is 24.6. The Labute approximate surface area is 255 Å². The van der Waals surface area contributed by atoms with Gasteiger partial charge in [0.05, 0.1) is 24.3 Å². The highest BCUT2D eigenvalue weighted by Crippen LogP contribution is 2.36. The molecule has 2 amide bonds. The minimum Gasteiger partial charge on any atom is -0.478 e. The molecule has 6 rings (SSSR count). The number of carboxylic acid groups (broad SMARTS) is 1. The fourth-order valence-electron chi connectivity index (χ4n) is 5.87. The molecule has 2 aromatic carbocycles. The maximum Gasteiger partial charge on any atom is 0.338 e. The molecule has 1 aromatic heterocycles. The number of fused-ring (bicyclic) bond motifs is 1. The number of esters is 1. The number of amides is 2. The molecular formula is C30H28F2N6O5S. The zero-order valence-electron chi connectivity index (χ0n) is 23.8. The first kappa shape index (κ1) is 29.4. The quantitative estimate of drug-likeness (QED) is 0.383. The lowest BCUT2D eigenvalue weighted by Crippen LogP contribution is -2.53. The molecule has 228 valence electrons. The number of nitrogens with one attached hydrogen (secondary N) is 1. The van der Waals surface area contributed by atoms with Crippen LogP contribution in [0.25, 0.3) is 0 Å². The Morgan fingerprint density at radius 3 is 2.68 bits per heavy atom. The number of rotatable bonds is 7. The van der Waals surface area contributed by atoms with Gasteiger partial charge >= 0.3 is 18.0 Å². The van der Waals surface area contributed by atoms with Crippen LogP contribution in [0.2, 0.25) is 0 Å². The molecule has 11 nitrogen and oxygen atoms in total. The molecule has 4 heterocycles. The summed E-state index contributed by atoms with van der Waals surface area (Å²) in [4.78, 5) is 52.2. The molecule has 2 N–H and O–H groups in total. The summed E-state index contributed by atoms with van der Waals surface area (Å²) in [6, 6.07) is 6.93. The van der Waals surface area contributed by atoms with Gasteiger partial charge in [-0.2, -0.15) is 0 Å². The smallest absolute Gasteiger partial charge is 0.338 e. The number of halogens is 2. The fourth-order valence-corrected chi connectivity index (χ4v) is 6.45. The van der Waals surface area contributed by atoms with Crippen molar-refractivity contribution in [2.45, 2.75) is 19.0 Å². The first-order chi connectivity index (χ1) is 21.2. The molecule has 0 saturated carbocycles. The van der Waals surface area contributed by atoms with Gasteiger partial charge in [-0.25, -0.2) is 28.1 Å². The maximum absolute atomic E-state index is 14.7. The molecule has 0 spiro atoms. The lowest BCUT2D eigenvalue weighted by atomic mass is 9.92. The second kappa shape index (κ2) is 11.8. The van der Waals surface area contributed by atoms with Gasteiger partial charge in [-0.05, 0) is 42.3 Å². The second-order valence-corrected chi connectivity index (χ2v) is 11.5. The number of benzene rings is 2. The summed E-state index contributed by atoms with van der Waals surface area (Å²) in [5, 5.41) is 14.9. The Morgan fingerprint density at radius 1 is 1.16 bits per heavy atom. The molecule has 0 aliphatic carbocycles. The lowest BCUT2D eigenvalue weighted by molar-refractivity contribution is -0.136. The van der Waals surface area contributed by atoms with Gasteiger partial charge < -0.3 is 20.1 Å². The minimum atomic E-state index is -1.38. The third-order valence-corrected chi connectivity index (χ3v) is 8.86. The summed E-state index contributed by atoms with van der Waals surface area (Å²) in [5.41, 5.74) is 1.50. The molecule has 0 bridgehead atoms. The van der Waals surface area contributed by atoms with E-state index in [0.717, 1.165) is 12.1 Å². The highest BCUT2D eigenvalue weighted by molar-refractivity contribution is 7.11. The number of aliphatic imine (C=N–C) groups is 1. The van der Waals surface area contributed by atoms with Gasteiger partial charge in [-0.1, -0.05) is 12.1 Å². The number of nitrogens with zero attached hydrogens (tertiary/aromatic N) is 5. The summed E-state index contributed by atoms with van der Waals surface area (Å²) < 4.78 is 34.3. The standard InChI is InChI=1S/C30H28F2N6O5S/c1-16-19(4-3-5-21(16)31)25-24(29(41)43-2)23(34-26(35-25)27-33-8-11-44-27)15-36-9-10-37-18(13-36)14-38(30(37)42)17-6-7-20(28(39)40)22(32)12-17/h3-8,11-12,18,25H,9-10,13-15H2,1-2H3,(H,34,35)(H,39,40)/t18-,25-/m0/s1. The number of ether oxygens (including phenoxy) is 1. The van der Waals surface area contributed by atoms with E-state index < -0.39 is 35.2 Å². The maximum atomic E-state index is 14.7. The Bertz CT molecular complexity index is 1710. The number of carbonyl (C=O) groups is 3. The van der Waals surface area contributed by atoms with Crippen LogP contribution in [0.1, 0.15) is 32.5 Å². The van der Waals surface area contributed by atoms with Crippen LogP contribution in [-0.2, 0) is 9.53 Å². The molecule has 3 aliphatic rings. The van der Waals surface area contributed by atoms with E-state index in [1.807, 2.05) is 5.38 Å². The predicted molar refractivity (Wildman–Crippen MR) is 158 cm³/mol. The molecule has 2 atom stereocenters. The monoisotopic (exact) mass is 622 g/mol. The number of aromatic nitrogens is 1. The van der Waals surface area contributed by atoms with E-state index in [4.69, 9.17) is 14.8 Å². The van der Waals surface area contributed by atoms with Crippen LogP contribution in [0.15, 0.2) is 64.2 Å². The van der Waals surface area contributed by atoms with Crippen LogP contribution < -0.4 is 10.2 Å². The molecule has 14 heteroatoms. The normalized spacial score (nSPS) is 20.4. The van der Waals surface area contributed by atoms with Crippen LogP contribution in [0, 0.1) is 18.6 Å². The first-order valence-electron chi connectivity index (χ1n) is 13.8. The summed E-state index contributed by atoms with van der Waals surface area (Å²) in [5.74, 6) is -2.87. The number of urea groups is 1. The molecular weight excluding hydrogens is 594 g/mol. The van der Waals surface area contributed by atoms with Gasteiger partial charge in [0.2, 0.25) is 0 Å². The van der Waals surface area contributed by atoms with Crippen LogP contribution in [-0.4, -0.2) is 89.6 Å². The summed E-state index contributed by atoms with van der Waals surface area (Å²) in [6.07, 6.45) is 1.65. The van der Waals surface area contributed by atoms with E-state index in [1.54, 1.807) is 30.2 Å². The third kappa shape index (κ3) is 5.30. The van der Waals surface area contributed by atoms with Crippen LogP contribution in [0.5, 0.6) is 0 Å². The Kier molecular flexibility index (Phi) is 7.86. The SMILES string of the molecule is COC(=O)C1=C(CN2CCN3C(=O)N(c4ccc(C(=O)O)c(F)c4)C[C@@H]3C2)NC(c2nccs2)=N[C@H]1c1cccc(F)c1C. The van der Waals surface area contributed by atoms with E-state index in [9.17, 15) is 23.2 Å². The van der Waals surface area contributed by atoms with Crippen molar-refractivity contribution in [1.82, 2.24) is 20.1 Å². The molecule has 2 saturated heterocycles. The average molecular weight is 623 g/mol. The summed E-state index contributed by atoms with van der Waals surface area (Å²) in [7, 11) is 1.28. The van der Waals surface area contributed by atoms with Gasteiger partial charge in [0.15, 0.2) is 10.8 Å². The second-order valence-electron chi connectivity index (χ2n) is 10.6. The molecule has 3 aliphatic heterocycles. The van der Waals surface area contributed by atoms with Gasteiger partial charge in [0.1, 0.15) is 17.7 Å². The largest absolute Gasteiger partial charge is 0.478 e. The van der Waals surface area contributed by atoms with Gasteiger partial charge in [-0.3, -0.25) is 14.8 Å². The number of carbonyl (C=O) groups excluding carboxylic acids is 2. The van der Waals surface area contributed by atoms with Gasteiger partial charge in [-0.15, -0.1) is 11.3 Å². The number of carboxylic acids is 1. The highest BCUT2D eigenvalue weighted by atomic mass is 32.1. The molecule has 3 aromatic rings. The fraction of sp³-hybridized carbons (Fsp3) is 0.300. The van der Waals surface area contributed by atoms with Crippen molar-refractivity contribution >= 4 is 40.8 Å². The van der Waals surface area contributed by atoms with E-state index in [0.29, 0.717) is 47.3 Å². The number of anilines is 1. The average Bonchev–Trinajstić information content (AvgIpc) is 3.66. The topological polar surface area (TPSA) is 128 Å². The third-order valence-electron chi connectivity index (χ3n) is 8.08. The van der Waals surface area contributed by atoms with Crippen LogP contribution in [0.4, 0.5) is 19.3 Å². The van der Waals surface area contributed by atoms with Crippen molar-refractivity contribution in [2.24, 2.45) is 4.99 Å². The lowest BCUT2D eigenvalue weighted by Gasteiger charge is -2.38. The van der Waals surface area contributed by atoms with Crippen molar-refractivity contribution in [3.8, 4) is 0 Å². The molecule has 0 radical (unpaired) electrons. The number of hydrogen-bond acceptors (Lipinski definition) is 9. The Hall–Kier alpha value is -4.69. The van der Waals surface area contributed by atoms with Crippen molar-refractivity contribution < 1.29 is 33.0 Å². The number of methoxy groups -OCH3 is 1. The number of piperazine rings is 1. The number of amidine groups is 1. The van der Waals surface area contributed by atoms with E-state index >= 15 is 0 Å². The van der Waals surface area contributed by atoms with Gasteiger partial charge in [0.25, 0.3) is 0 Å². The minimum absolute atomic E-state index is 0.238. The Balaban J connectivity index is 1.29. The molecule has 2 fully saturated rings. The van der Waals surface area contributed by atoms with E-state index in [1.165, 1.54) is 35.5 Å². The first-order valence-corrected chi connectivity index (χ1v) is 14.7. The number of aromatic carboxylic acids is 1. The van der Waals surface area contributed by atoms with Crippen molar-refractivity contribution in [1.29, 1.82) is 0 Å². The van der Waals surface area contributed by atoms with Crippen molar-refractivity contribution in [3.63, 3.8) is 0 Å². The zero-order chi connectivity index (χ0) is 31.1. The Morgan fingerprint density at radius 2 is 1.98 bits per heavy atom. The van der Waals surface area contributed by atoms with E-state index in [2.05, 4.69) is 15.2 Å². The molecule has 0 unspecified atom stereocenters. The summed E-state index contributed by atoms with van der Waals surface area (Å²) in [6.45, 7) is 3.51. The van der Waals surface area contributed by atoms with Crippen LogP contribution >= 0.6 is 11.3 Å². The van der Waals surface area contributed by atoms with E-state index in [-0.39, 0.29) is 36.4 Å². The van der Waals surface area contributed by atoms with Gasteiger partial charge in [0, 0.05) is 55.7 Å². The molecule has 44 heavy (non-hydrogen) atoms. The van der Waals surface area contributed by atoms with Crippen LogP contribution in [0.3, 0.4) is 0 Å². The highest BCUT2D eigenvalue weighted by Gasteiger charge is 2.42. The predicted octanol–water partition coefficient (Wildman–Crippen LogP) is 3.57. The number of hydrogen-bond donors (Lipinski definition) is 2. The number of thiazole rings is 1.